The van der Waals surface area contributed by atoms with E-state index in [1.165, 1.54) is 135 Å². The highest BCUT2D eigenvalue weighted by atomic mass is 16.3. The van der Waals surface area contributed by atoms with E-state index in [0.717, 1.165) is 44.9 Å². The van der Waals surface area contributed by atoms with Crippen LogP contribution in [0.4, 0.5) is 0 Å². The number of nitrogens with one attached hydrogen (secondary N) is 1. The van der Waals surface area contributed by atoms with Crippen molar-refractivity contribution in [2.45, 2.75) is 225 Å². The second-order valence-electron chi connectivity index (χ2n) is 14.2. The fourth-order valence-electron chi connectivity index (χ4n) is 6.19. The Morgan fingerprint density at radius 1 is 0.542 bits per heavy atom. The first-order chi connectivity index (χ1) is 23.5. The lowest BCUT2D eigenvalue weighted by molar-refractivity contribution is -0.124. The van der Waals surface area contributed by atoms with Crippen molar-refractivity contribution in [3.05, 3.63) is 36.5 Å². The van der Waals surface area contributed by atoms with Crippen molar-refractivity contribution >= 4 is 5.91 Å². The van der Waals surface area contributed by atoms with Gasteiger partial charge in [-0.2, -0.15) is 0 Å². The van der Waals surface area contributed by atoms with Crippen molar-refractivity contribution in [1.29, 1.82) is 0 Å². The lowest BCUT2D eigenvalue weighted by atomic mass is 10.0. The van der Waals surface area contributed by atoms with Gasteiger partial charge in [0, 0.05) is 0 Å². The topological polar surface area (TPSA) is 89.8 Å². The van der Waals surface area contributed by atoms with E-state index < -0.39 is 18.2 Å². The standard InChI is InChI=1S/C43H81NO4/c1-3-5-7-9-11-13-15-17-19-20-21-23-25-27-29-31-33-35-37-42(47)41(39-45)44-43(48)38-40(46)36-34-32-30-28-26-24-22-18-16-14-12-10-8-6-4-2/h12,14,18,22,35,37,40-42,45-47H,3-11,13,15-17,19-21,23-34,36,38-39H2,1-2H3,(H,44,48)/b14-12-,22-18-,37-35+. The first kappa shape index (κ1) is 46.6. The molecule has 0 saturated heterocycles. The highest BCUT2D eigenvalue weighted by Crippen LogP contribution is 2.15. The second-order valence-corrected chi connectivity index (χ2v) is 14.2. The van der Waals surface area contributed by atoms with Crippen molar-refractivity contribution in [3.63, 3.8) is 0 Å². The summed E-state index contributed by atoms with van der Waals surface area (Å²) in [4.78, 5) is 12.4. The van der Waals surface area contributed by atoms with E-state index in [4.69, 9.17) is 0 Å². The molecule has 0 aliphatic rings. The normalized spacial score (nSPS) is 14.0. The lowest BCUT2D eigenvalue weighted by Gasteiger charge is -2.21. The quantitative estimate of drug-likeness (QED) is 0.0390. The summed E-state index contributed by atoms with van der Waals surface area (Å²) in [6, 6.07) is -0.748. The molecule has 1 amide bonds. The number of hydrogen-bond acceptors (Lipinski definition) is 4. The summed E-state index contributed by atoms with van der Waals surface area (Å²) in [6.07, 6.45) is 47.0. The van der Waals surface area contributed by atoms with Crippen LogP contribution in [0.15, 0.2) is 36.5 Å². The number of aliphatic hydroxyl groups excluding tert-OH is 3. The molecule has 0 aromatic carbocycles. The van der Waals surface area contributed by atoms with E-state index in [-0.39, 0.29) is 18.9 Å². The van der Waals surface area contributed by atoms with Gasteiger partial charge in [-0.25, -0.2) is 0 Å². The Kier molecular flexibility index (Phi) is 37.2. The van der Waals surface area contributed by atoms with Gasteiger partial charge in [0.25, 0.3) is 0 Å². The van der Waals surface area contributed by atoms with E-state index in [9.17, 15) is 20.1 Å². The van der Waals surface area contributed by atoms with Gasteiger partial charge in [-0.15, -0.1) is 0 Å². The van der Waals surface area contributed by atoms with Crippen molar-refractivity contribution in [2.24, 2.45) is 0 Å². The average Bonchev–Trinajstić information content (AvgIpc) is 3.08. The third kappa shape index (κ3) is 34.4. The predicted molar refractivity (Wildman–Crippen MR) is 208 cm³/mol. The van der Waals surface area contributed by atoms with E-state index >= 15 is 0 Å². The molecular weight excluding hydrogens is 594 g/mol. The highest BCUT2D eigenvalue weighted by molar-refractivity contribution is 5.76. The number of carbonyl (C=O) groups is 1. The summed E-state index contributed by atoms with van der Waals surface area (Å²) in [5.41, 5.74) is 0. The van der Waals surface area contributed by atoms with Crippen molar-refractivity contribution in [3.8, 4) is 0 Å². The zero-order valence-corrected chi connectivity index (χ0v) is 31.9. The summed E-state index contributed by atoms with van der Waals surface area (Å²) in [5.74, 6) is -0.325. The van der Waals surface area contributed by atoms with Gasteiger partial charge >= 0.3 is 0 Å². The Bertz CT molecular complexity index is 749. The maximum atomic E-state index is 12.4. The van der Waals surface area contributed by atoms with Gasteiger partial charge < -0.3 is 20.6 Å². The average molecular weight is 676 g/mol. The number of amides is 1. The Morgan fingerprint density at radius 2 is 0.938 bits per heavy atom. The number of allylic oxidation sites excluding steroid dienone is 5. The van der Waals surface area contributed by atoms with Crippen LogP contribution >= 0.6 is 0 Å². The molecule has 4 N–H and O–H groups in total. The molecule has 282 valence electrons. The molecule has 5 heteroatoms. The molecule has 0 fully saturated rings. The summed E-state index contributed by atoms with van der Waals surface area (Å²) in [7, 11) is 0. The molecule has 0 aliphatic carbocycles. The monoisotopic (exact) mass is 676 g/mol. The molecular formula is C43H81NO4. The number of rotatable bonds is 37. The molecule has 0 bridgehead atoms. The fourth-order valence-corrected chi connectivity index (χ4v) is 6.19. The van der Waals surface area contributed by atoms with Crippen LogP contribution < -0.4 is 5.32 Å². The first-order valence-corrected chi connectivity index (χ1v) is 20.8. The van der Waals surface area contributed by atoms with Crippen LogP contribution in [0.5, 0.6) is 0 Å². The molecule has 0 rings (SSSR count). The number of aliphatic hydroxyl groups is 3. The van der Waals surface area contributed by atoms with Crippen LogP contribution in [0.1, 0.15) is 206 Å². The SMILES string of the molecule is CCCCC/C=C\C/C=C\CCCCCCCC(O)CC(=O)NC(CO)C(O)/C=C/CCCCCCCCCCCCCCCCCC. The minimum absolute atomic E-state index is 0.00394. The molecule has 0 spiro atoms. The molecule has 48 heavy (non-hydrogen) atoms. The fraction of sp³-hybridized carbons (Fsp3) is 0.837. The van der Waals surface area contributed by atoms with Crippen LogP contribution in [0, 0.1) is 0 Å². The first-order valence-electron chi connectivity index (χ1n) is 20.8. The molecule has 3 unspecified atom stereocenters. The van der Waals surface area contributed by atoms with Crippen LogP contribution in [-0.4, -0.2) is 46.1 Å². The molecule has 0 aromatic heterocycles. The molecule has 0 aliphatic heterocycles. The van der Waals surface area contributed by atoms with Gasteiger partial charge in [0.2, 0.25) is 5.91 Å². The smallest absolute Gasteiger partial charge is 0.222 e. The van der Waals surface area contributed by atoms with Crippen molar-refractivity contribution in [2.75, 3.05) is 6.61 Å². The predicted octanol–water partition coefficient (Wildman–Crippen LogP) is 11.6. The number of carbonyl (C=O) groups excluding carboxylic acids is 1. The molecule has 5 nitrogen and oxygen atoms in total. The maximum Gasteiger partial charge on any atom is 0.222 e. The zero-order valence-electron chi connectivity index (χ0n) is 31.9. The van der Waals surface area contributed by atoms with Gasteiger partial charge in [-0.05, 0) is 51.4 Å². The Labute approximate surface area is 298 Å². The minimum Gasteiger partial charge on any atom is -0.394 e. The van der Waals surface area contributed by atoms with Gasteiger partial charge in [0.1, 0.15) is 0 Å². The van der Waals surface area contributed by atoms with Crippen LogP contribution in [0.25, 0.3) is 0 Å². The third-order valence-corrected chi connectivity index (χ3v) is 9.42. The molecule has 0 saturated carbocycles. The largest absolute Gasteiger partial charge is 0.394 e. The van der Waals surface area contributed by atoms with Crippen molar-refractivity contribution < 1.29 is 20.1 Å². The minimum atomic E-state index is -0.931. The summed E-state index contributed by atoms with van der Waals surface area (Å²) in [6.45, 7) is 4.18. The van der Waals surface area contributed by atoms with Gasteiger partial charge in [-0.1, -0.05) is 185 Å². The Balaban J connectivity index is 3.72. The molecule has 0 aromatic rings. The number of unbranched alkanes of at least 4 members (excludes halogenated alkanes) is 24. The summed E-state index contributed by atoms with van der Waals surface area (Å²) < 4.78 is 0. The van der Waals surface area contributed by atoms with Gasteiger partial charge in [0.15, 0.2) is 0 Å². The van der Waals surface area contributed by atoms with E-state index in [1.807, 2.05) is 6.08 Å². The van der Waals surface area contributed by atoms with Crippen LogP contribution in [0.2, 0.25) is 0 Å². The summed E-state index contributed by atoms with van der Waals surface area (Å²) in [5, 5.41) is 33.2. The molecule has 3 atom stereocenters. The Morgan fingerprint density at radius 3 is 1.42 bits per heavy atom. The zero-order chi connectivity index (χ0) is 35.2. The maximum absolute atomic E-state index is 12.4. The number of hydrogen-bond donors (Lipinski definition) is 4. The third-order valence-electron chi connectivity index (χ3n) is 9.42. The van der Waals surface area contributed by atoms with Crippen LogP contribution in [0.3, 0.4) is 0 Å². The van der Waals surface area contributed by atoms with Gasteiger partial charge in [-0.3, -0.25) is 4.79 Å². The van der Waals surface area contributed by atoms with Crippen molar-refractivity contribution in [1.82, 2.24) is 5.32 Å². The van der Waals surface area contributed by atoms with E-state index in [2.05, 4.69) is 43.5 Å². The highest BCUT2D eigenvalue weighted by Gasteiger charge is 2.20. The van der Waals surface area contributed by atoms with E-state index in [0.29, 0.717) is 6.42 Å². The second kappa shape index (κ2) is 38.4. The summed E-state index contributed by atoms with van der Waals surface area (Å²) >= 11 is 0. The van der Waals surface area contributed by atoms with E-state index in [1.54, 1.807) is 6.08 Å². The molecule has 0 heterocycles. The Hall–Kier alpha value is -1.43. The van der Waals surface area contributed by atoms with Gasteiger partial charge in [0.05, 0.1) is 31.3 Å². The lowest BCUT2D eigenvalue weighted by Crippen LogP contribution is -2.45. The van der Waals surface area contributed by atoms with Crippen LogP contribution in [-0.2, 0) is 4.79 Å². The molecule has 0 radical (unpaired) electrons.